The number of aryl methyl sites for hydroxylation is 1. The molecule has 1 fully saturated rings. The summed E-state index contributed by atoms with van der Waals surface area (Å²) in [5.74, 6) is 2.09. The van der Waals surface area contributed by atoms with Crippen molar-refractivity contribution >= 4 is 17.1 Å². The van der Waals surface area contributed by atoms with Crippen LogP contribution in [0.2, 0.25) is 0 Å². The molecule has 4 heteroatoms. The molecule has 3 nitrogen and oxygen atoms in total. The van der Waals surface area contributed by atoms with Crippen LogP contribution in [-0.2, 0) is 11.3 Å². The standard InChI is InChI=1S/C16H26N2OS/c1-11(2)13-5-6-16(19)14(7-13)8-18(4)9-15-10-20-12(3)17-15/h10-11,13-14H,5-9H2,1-4H3. The van der Waals surface area contributed by atoms with Crippen LogP contribution < -0.4 is 0 Å². The van der Waals surface area contributed by atoms with Gasteiger partial charge in [-0.05, 0) is 38.6 Å². The molecule has 1 heterocycles. The Balaban J connectivity index is 1.88. The maximum Gasteiger partial charge on any atom is 0.137 e. The normalized spacial score (nSPS) is 23.8. The highest BCUT2D eigenvalue weighted by Crippen LogP contribution is 2.32. The summed E-state index contributed by atoms with van der Waals surface area (Å²) in [5, 5.41) is 3.23. The number of carbonyl (C=O) groups is 1. The zero-order chi connectivity index (χ0) is 14.7. The molecule has 20 heavy (non-hydrogen) atoms. The number of nitrogens with zero attached hydrogens (tertiary/aromatic N) is 2. The molecule has 2 unspecified atom stereocenters. The van der Waals surface area contributed by atoms with Crippen molar-refractivity contribution < 1.29 is 4.79 Å². The molecule has 0 radical (unpaired) electrons. The van der Waals surface area contributed by atoms with Crippen LogP contribution >= 0.6 is 11.3 Å². The summed E-state index contributed by atoms with van der Waals surface area (Å²) in [6, 6.07) is 0. The van der Waals surface area contributed by atoms with Crippen molar-refractivity contribution in [1.82, 2.24) is 9.88 Å². The Morgan fingerprint density at radius 3 is 2.85 bits per heavy atom. The van der Waals surface area contributed by atoms with Crippen LogP contribution in [0.1, 0.15) is 43.8 Å². The van der Waals surface area contributed by atoms with E-state index in [0.29, 0.717) is 17.6 Å². The lowest BCUT2D eigenvalue weighted by Crippen LogP contribution is -2.35. The van der Waals surface area contributed by atoms with E-state index >= 15 is 0 Å². The summed E-state index contributed by atoms with van der Waals surface area (Å²) in [5.41, 5.74) is 1.12. The molecule has 0 aliphatic heterocycles. The fraction of sp³-hybridized carbons (Fsp3) is 0.750. The molecule has 1 saturated carbocycles. The van der Waals surface area contributed by atoms with Crippen molar-refractivity contribution in [2.45, 2.75) is 46.6 Å². The molecule has 0 bridgehead atoms. The predicted octanol–water partition coefficient (Wildman–Crippen LogP) is 3.52. The molecular formula is C16H26N2OS. The summed E-state index contributed by atoms with van der Waals surface area (Å²) in [6.07, 6.45) is 2.93. The smallest absolute Gasteiger partial charge is 0.137 e. The van der Waals surface area contributed by atoms with Crippen LogP contribution in [0.4, 0.5) is 0 Å². The number of hydrogen-bond donors (Lipinski definition) is 0. The molecule has 0 N–H and O–H groups in total. The van der Waals surface area contributed by atoms with Gasteiger partial charge in [0.05, 0.1) is 10.7 Å². The third-order valence-electron chi connectivity index (χ3n) is 4.38. The minimum Gasteiger partial charge on any atom is -0.300 e. The third kappa shape index (κ3) is 4.13. The fourth-order valence-electron chi connectivity index (χ4n) is 3.13. The molecule has 112 valence electrons. The van der Waals surface area contributed by atoms with Gasteiger partial charge in [0, 0.05) is 30.8 Å². The summed E-state index contributed by atoms with van der Waals surface area (Å²) < 4.78 is 0. The van der Waals surface area contributed by atoms with Gasteiger partial charge in [0.15, 0.2) is 0 Å². The molecule has 0 aromatic carbocycles. The number of hydrogen-bond acceptors (Lipinski definition) is 4. The van der Waals surface area contributed by atoms with Crippen LogP contribution in [0, 0.1) is 24.7 Å². The molecule has 0 amide bonds. The van der Waals surface area contributed by atoms with E-state index in [0.717, 1.165) is 43.1 Å². The lowest BCUT2D eigenvalue weighted by atomic mass is 9.75. The number of aromatic nitrogens is 1. The number of ketones is 1. The van der Waals surface area contributed by atoms with Crippen molar-refractivity contribution in [2.24, 2.45) is 17.8 Å². The molecule has 0 saturated heterocycles. The van der Waals surface area contributed by atoms with E-state index in [9.17, 15) is 4.79 Å². The Hall–Kier alpha value is -0.740. The van der Waals surface area contributed by atoms with Crippen LogP contribution in [0.3, 0.4) is 0 Å². The van der Waals surface area contributed by atoms with E-state index < -0.39 is 0 Å². The average Bonchev–Trinajstić information content (AvgIpc) is 2.77. The summed E-state index contributed by atoms with van der Waals surface area (Å²) in [7, 11) is 2.10. The topological polar surface area (TPSA) is 33.2 Å². The minimum absolute atomic E-state index is 0.223. The van der Waals surface area contributed by atoms with Crippen LogP contribution in [0.15, 0.2) is 5.38 Å². The first-order chi connectivity index (χ1) is 9.45. The van der Waals surface area contributed by atoms with Crippen molar-refractivity contribution in [1.29, 1.82) is 0 Å². The quantitative estimate of drug-likeness (QED) is 0.833. The Kier molecular flexibility index (Phi) is 5.33. The van der Waals surface area contributed by atoms with Crippen LogP contribution in [0.25, 0.3) is 0 Å². The molecular weight excluding hydrogens is 268 g/mol. The lowest BCUT2D eigenvalue weighted by molar-refractivity contribution is -0.126. The van der Waals surface area contributed by atoms with Crippen LogP contribution in [-0.4, -0.2) is 29.3 Å². The first kappa shape index (κ1) is 15.6. The SMILES string of the molecule is Cc1nc(CN(C)CC2CC(C(C)C)CCC2=O)cs1. The highest BCUT2D eigenvalue weighted by atomic mass is 32.1. The van der Waals surface area contributed by atoms with Crippen molar-refractivity contribution in [3.8, 4) is 0 Å². The van der Waals surface area contributed by atoms with Gasteiger partial charge in [0.1, 0.15) is 5.78 Å². The first-order valence-electron chi connectivity index (χ1n) is 7.58. The zero-order valence-electron chi connectivity index (χ0n) is 13.1. The number of Topliss-reactive ketones (excluding diaryl/α,β-unsaturated/α-hetero) is 1. The largest absolute Gasteiger partial charge is 0.300 e. The molecule has 2 rings (SSSR count). The van der Waals surface area contributed by atoms with E-state index in [1.54, 1.807) is 11.3 Å². The van der Waals surface area contributed by atoms with Gasteiger partial charge in [-0.2, -0.15) is 0 Å². The maximum absolute atomic E-state index is 12.1. The van der Waals surface area contributed by atoms with Crippen LogP contribution in [0.5, 0.6) is 0 Å². The Labute approximate surface area is 126 Å². The number of carbonyl (C=O) groups excluding carboxylic acids is 1. The molecule has 0 spiro atoms. The molecule has 2 atom stereocenters. The van der Waals surface area contributed by atoms with E-state index in [2.05, 4.69) is 36.2 Å². The fourth-order valence-corrected chi connectivity index (χ4v) is 3.73. The van der Waals surface area contributed by atoms with Gasteiger partial charge in [0.2, 0.25) is 0 Å². The van der Waals surface area contributed by atoms with E-state index in [1.807, 2.05) is 6.92 Å². The second kappa shape index (κ2) is 6.81. The van der Waals surface area contributed by atoms with Gasteiger partial charge in [0.25, 0.3) is 0 Å². The molecule has 1 aromatic heterocycles. The molecule has 1 aliphatic carbocycles. The molecule has 1 aliphatic rings. The number of thiazole rings is 1. The third-order valence-corrected chi connectivity index (χ3v) is 5.20. The number of rotatable bonds is 5. The van der Waals surface area contributed by atoms with Gasteiger partial charge in [-0.25, -0.2) is 4.98 Å². The summed E-state index contributed by atoms with van der Waals surface area (Å²) in [6.45, 7) is 8.31. The lowest BCUT2D eigenvalue weighted by Gasteiger charge is -2.32. The Morgan fingerprint density at radius 1 is 1.50 bits per heavy atom. The van der Waals surface area contributed by atoms with E-state index in [4.69, 9.17) is 0 Å². The van der Waals surface area contributed by atoms with Gasteiger partial charge < -0.3 is 0 Å². The Morgan fingerprint density at radius 2 is 2.25 bits per heavy atom. The van der Waals surface area contributed by atoms with Gasteiger partial charge >= 0.3 is 0 Å². The van der Waals surface area contributed by atoms with Gasteiger partial charge in [-0.1, -0.05) is 13.8 Å². The average molecular weight is 294 g/mol. The van der Waals surface area contributed by atoms with Crippen molar-refractivity contribution in [2.75, 3.05) is 13.6 Å². The van der Waals surface area contributed by atoms with Crippen molar-refractivity contribution in [3.05, 3.63) is 16.1 Å². The maximum atomic E-state index is 12.1. The summed E-state index contributed by atoms with van der Waals surface area (Å²) >= 11 is 1.69. The van der Waals surface area contributed by atoms with E-state index in [1.165, 1.54) is 0 Å². The first-order valence-corrected chi connectivity index (χ1v) is 8.46. The Bertz CT molecular complexity index is 455. The second-order valence-electron chi connectivity index (χ2n) is 6.50. The zero-order valence-corrected chi connectivity index (χ0v) is 13.9. The highest BCUT2D eigenvalue weighted by molar-refractivity contribution is 7.09. The highest BCUT2D eigenvalue weighted by Gasteiger charge is 2.30. The monoisotopic (exact) mass is 294 g/mol. The van der Waals surface area contributed by atoms with Gasteiger partial charge in [-0.15, -0.1) is 11.3 Å². The van der Waals surface area contributed by atoms with E-state index in [-0.39, 0.29) is 5.92 Å². The summed E-state index contributed by atoms with van der Waals surface area (Å²) in [4.78, 5) is 18.9. The minimum atomic E-state index is 0.223. The van der Waals surface area contributed by atoms with Gasteiger partial charge in [-0.3, -0.25) is 9.69 Å². The predicted molar refractivity (Wildman–Crippen MR) is 83.9 cm³/mol. The van der Waals surface area contributed by atoms with Crippen molar-refractivity contribution in [3.63, 3.8) is 0 Å². The molecule has 1 aromatic rings. The second-order valence-corrected chi connectivity index (χ2v) is 7.56.